The van der Waals surface area contributed by atoms with Gasteiger partial charge < -0.3 is 9.84 Å². The third kappa shape index (κ3) is 2.51. The molecule has 0 atom stereocenters. The van der Waals surface area contributed by atoms with E-state index in [9.17, 15) is 4.79 Å². The summed E-state index contributed by atoms with van der Waals surface area (Å²) in [7, 11) is 0. The molecule has 5 nitrogen and oxygen atoms in total. The van der Waals surface area contributed by atoms with Crippen molar-refractivity contribution in [2.75, 3.05) is 5.32 Å². The number of fused-ring (bicyclic) bond motifs is 1. The largest absolute Gasteiger partial charge is 0.356 e. The maximum Gasteiger partial charge on any atom is 0.230 e. The molecule has 1 N–H and O–H groups in total. The maximum atomic E-state index is 12.0. The van der Waals surface area contributed by atoms with Crippen molar-refractivity contribution < 1.29 is 9.32 Å². The summed E-state index contributed by atoms with van der Waals surface area (Å²) in [6.45, 7) is 1.99. The second-order valence-electron chi connectivity index (χ2n) is 4.60. The van der Waals surface area contributed by atoms with Gasteiger partial charge in [-0.25, -0.2) is 0 Å². The summed E-state index contributed by atoms with van der Waals surface area (Å²) < 4.78 is 5.21. The summed E-state index contributed by atoms with van der Waals surface area (Å²) in [4.78, 5) is 15.9. The average molecular weight is 267 g/mol. The molecular weight excluding hydrogens is 254 g/mol. The topological polar surface area (TPSA) is 68.0 Å². The zero-order chi connectivity index (χ0) is 13.9. The van der Waals surface area contributed by atoms with Crippen LogP contribution in [0.5, 0.6) is 0 Å². The van der Waals surface area contributed by atoms with Crippen LogP contribution >= 0.6 is 0 Å². The fourth-order valence-corrected chi connectivity index (χ4v) is 2.02. The Morgan fingerprint density at radius 2 is 2.25 bits per heavy atom. The molecular formula is C15H13N3O2. The third-order valence-electron chi connectivity index (χ3n) is 2.97. The molecule has 1 aromatic carbocycles. The number of carbonyl (C=O) groups excluding carboxylic acids is 1. The van der Waals surface area contributed by atoms with Gasteiger partial charge in [0, 0.05) is 11.6 Å². The Balaban J connectivity index is 1.79. The lowest BCUT2D eigenvalue weighted by molar-refractivity contribution is -0.115. The van der Waals surface area contributed by atoms with E-state index in [0.29, 0.717) is 17.0 Å². The molecule has 0 radical (unpaired) electrons. The van der Waals surface area contributed by atoms with Crippen LogP contribution in [-0.4, -0.2) is 16.0 Å². The van der Waals surface area contributed by atoms with E-state index in [2.05, 4.69) is 15.5 Å². The van der Waals surface area contributed by atoms with E-state index >= 15 is 0 Å². The highest BCUT2D eigenvalue weighted by molar-refractivity contribution is 5.94. The third-order valence-corrected chi connectivity index (χ3v) is 2.97. The molecule has 0 unspecified atom stereocenters. The van der Waals surface area contributed by atoms with Crippen molar-refractivity contribution >= 4 is 22.6 Å². The zero-order valence-electron chi connectivity index (χ0n) is 11.0. The van der Waals surface area contributed by atoms with Crippen LogP contribution in [0.2, 0.25) is 0 Å². The van der Waals surface area contributed by atoms with Crippen molar-refractivity contribution in [2.24, 2.45) is 0 Å². The van der Waals surface area contributed by atoms with Crippen molar-refractivity contribution in [3.05, 3.63) is 54.0 Å². The standard InChI is InChI=1S/C15H13N3O2/c1-10-4-5-14-12(7-10)13(18-20-14)8-15(19)17-11-3-2-6-16-9-11/h2-7,9H,8H2,1H3,(H,17,19). The van der Waals surface area contributed by atoms with Gasteiger partial charge in [0.25, 0.3) is 0 Å². The molecule has 3 aromatic rings. The number of rotatable bonds is 3. The van der Waals surface area contributed by atoms with Crippen LogP contribution in [0.15, 0.2) is 47.2 Å². The first kappa shape index (κ1) is 12.3. The first-order chi connectivity index (χ1) is 9.72. The lowest BCUT2D eigenvalue weighted by Gasteiger charge is -2.02. The predicted molar refractivity (Wildman–Crippen MR) is 75.3 cm³/mol. The second-order valence-corrected chi connectivity index (χ2v) is 4.60. The maximum absolute atomic E-state index is 12.0. The molecule has 1 amide bonds. The van der Waals surface area contributed by atoms with Crippen molar-refractivity contribution in [3.8, 4) is 0 Å². The van der Waals surface area contributed by atoms with Crippen LogP contribution in [0, 0.1) is 6.92 Å². The summed E-state index contributed by atoms with van der Waals surface area (Å²) in [5, 5.41) is 7.62. The molecule has 0 aliphatic rings. The number of benzene rings is 1. The number of nitrogens with zero attached hydrogens (tertiary/aromatic N) is 2. The monoisotopic (exact) mass is 267 g/mol. The predicted octanol–water partition coefficient (Wildman–Crippen LogP) is 2.71. The van der Waals surface area contributed by atoms with E-state index in [-0.39, 0.29) is 12.3 Å². The SMILES string of the molecule is Cc1ccc2onc(CC(=O)Nc3cccnc3)c2c1. The molecule has 0 aliphatic carbocycles. The molecule has 2 heterocycles. The minimum Gasteiger partial charge on any atom is -0.356 e. The number of aromatic nitrogens is 2. The minimum absolute atomic E-state index is 0.144. The number of hydrogen-bond donors (Lipinski definition) is 1. The average Bonchev–Trinajstić information content (AvgIpc) is 2.82. The highest BCUT2D eigenvalue weighted by Crippen LogP contribution is 2.20. The molecule has 100 valence electrons. The molecule has 0 aliphatic heterocycles. The molecule has 0 saturated carbocycles. The number of anilines is 1. The lowest BCUT2D eigenvalue weighted by atomic mass is 10.1. The normalized spacial score (nSPS) is 10.7. The summed E-state index contributed by atoms with van der Waals surface area (Å²) in [6, 6.07) is 9.34. The number of aryl methyl sites for hydroxylation is 1. The van der Waals surface area contributed by atoms with E-state index in [1.165, 1.54) is 0 Å². The molecule has 0 bridgehead atoms. The van der Waals surface area contributed by atoms with Gasteiger partial charge in [-0.05, 0) is 31.2 Å². The van der Waals surface area contributed by atoms with Crippen LogP contribution < -0.4 is 5.32 Å². The van der Waals surface area contributed by atoms with Gasteiger partial charge in [-0.2, -0.15) is 0 Å². The van der Waals surface area contributed by atoms with E-state index < -0.39 is 0 Å². The molecule has 0 saturated heterocycles. The minimum atomic E-state index is -0.144. The Kier molecular flexibility index (Phi) is 3.16. The highest BCUT2D eigenvalue weighted by atomic mass is 16.5. The highest BCUT2D eigenvalue weighted by Gasteiger charge is 2.12. The molecule has 0 spiro atoms. The van der Waals surface area contributed by atoms with Gasteiger partial charge in [-0.3, -0.25) is 9.78 Å². The number of hydrogen-bond acceptors (Lipinski definition) is 4. The Labute approximate surface area is 115 Å². The van der Waals surface area contributed by atoms with Gasteiger partial charge in [-0.1, -0.05) is 16.8 Å². The van der Waals surface area contributed by atoms with Gasteiger partial charge in [-0.15, -0.1) is 0 Å². The van der Waals surface area contributed by atoms with Gasteiger partial charge in [0.2, 0.25) is 5.91 Å². The van der Waals surface area contributed by atoms with Gasteiger partial charge >= 0.3 is 0 Å². The van der Waals surface area contributed by atoms with Crippen LogP contribution in [0.4, 0.5) is 5.69 Å². The quantitative estimate of drug-likeness (QED) is 0.792. The van der Waals surface area contributed by atoms with Crippen LogP contribution in [0.25, 0.3) is 11.0 Å². The molecule has 0 fully saturated rings. The Bertz CT molecular complexity index is 750. The number of pyridine rings is 1. The number of nitrogens with one attached hydrogen (secondary N) is 1. The molecule has 5 heteroatoms. The van der Waals surface area contributed by atoms with Crippen LogP contribution in [-0.2, 0) is 11.2 Å². The first-order valence-electron chi connectivity index (χ1n) is 6.27. The Morgan fingerprint density at radius 3 is 3.05 bits per heavy atom. The van der Waals surface area contributed by atoms with E-state index in [1.54, 1.807) is 24.5 Å². The molecule has 20 heavy (non-hydrogen) atoms. The van der Waals surface area contributed by atoms with E-state index in [0.717, 1.165) is 10.9 Å². The summed E-state index contributed by atoms with van der Waals surface area (Å²) in [6.07, 6.45) is 3.43. The fraction of sp³-hybridized carbons (Fsp3) is 0.133. The van der Waals surface area contributed by atoms with Crippen LogP contribution in [0.3, 0.4) is 0 Å². The van der Waals surface area contributed by atoms with Crippen molar-refractivity contribution in [3.63, 3.8) is 0 Å². The number of carbonyl (C=O) groups is 1. The van der Waals surface area contributed by atoms with Gasteiger partial charge in [0.1, 0.15) is 5.69 Å². The first-order valence-corrected chi connectivity index (χ1v) is 6.27. The summed E-state index contributed by atoms with van der Waals surface area (Å²) in [5.41, 5.74) is 3.11. The molecule has 3 rings (SSSR count). The molecule has 2 aromatic heterocycles. The smallest absolute Gasteiger partial charge is 0.230 e. The van der Waals surface area contributed by atoms with Crippen molar-refractivity contribution in [2.45, 2.75) is 13.3 Å². The fourth-order valence-electron chi connectivity index (χ4n) is 2.02. The Morgan fingerprint density at radius 1 is 1.35 bits per heavy atom. The summed E-state index contributed by atoms with van der Waals surface area (Å²) in [5.74, 6) is -0.144. The zero-order valence-corrected chi connectivity index (χ0v) is 11.0. The number of amides is 1. The second kappa shape index (κ2) is 5.13. The van der Waals surface area contributed by atoms with E-state index in [1.807, 2.05) is 25.1 Å². The van der Waals surface area contributed by atoms with Crippen LogP contribution in [0.1, 0.15) is 11.3 Å². The van der Waals surface area contributed by atoms with Crippen molar-refractivity contribution in [1.82, 2.24) is 10.1 Å². The lowest BCUT2D eigenvalue weighted by Crippen LogP contribution is -2.14. The van der Waals surface area contributed by atoms with Gasteiger partial charge in [0.15, 0.2) is 5.58 Å². The Hall–Kier alpha value is -2.69. The summed E-state index contributed by atoms with van der Waals surface area (Å²) >= 11 is 0. The van der Waals surface area contributed by atoms with Gasteiger partial charge in [0.05, 0.1) is 18.3 Å². The van der Waals surface area contributed by atoms with E-state index in [4.69, 9.17) is 4.52 Å². The van der Waals surface area contributed by atoms with Crippen molar-refractivity contribution in [1.29, 1.82) is 0 Å².